The van der Waals surface area contributed by atoms with E-state index < -0.39 is 10.0 Å². The van der Waals surface area contributed by atoms with Crippen LogP contribution < -0.4 is 10.0 Å². The molecule has 0 saturated carbocycles. The highest BCUT2D eigenvalue weighted by atomic mass is 32.2. The summed E-state index contributed by atoms with van der Waals surface area (Å²) in [6, 6.07) is 9.97. The van der Waals surface area contributed by atoms with Crippen LogP contribution in [0.25, 0.3) is 0 Å². The van der Waals surface area contributed by atoms with Crippen LogP contribution in [-0.2, 0) is 14.8 Å². The smallest absolute Gasteiger partial charge is 0.255 e. The van der Waals surface area contributed by atoms with Crippen molar-refractivity contribution in [3.63, 3.8) is 0 Å². The van der Waals surface area contributed by atoms with Crippen LogP contribution in [0.3, 0.4) is 0 Å². The molecule has 1 fully saturated rings. The summed E-state index contributed by atoms with van der Waals surface area (Å²) in [4.78, 5) is 32.3. The van der Waals surface area contributed by atoms with Gasteiger partial charge in [0.05, 0.1) is 16.5 Å². The minimum Gasteiger partial charge on any atom is -0.364 e. The Morgan fingerprint density at radius 2 is 2.00 bits per heavy atom. The molecule has 1 aliphatic rings. The lowest BCUT2D eigenvalue weighted by atomic mass is 10.1. The number of aromatic nitrogens is 1. The van der Waals surface area contributed by atoms with Crippen LogP contribution in [0.15, 0.2) is 47.5 Å². The molecular formula is C22H29N5O4S. The molecule has 1 aromatic carbocycles. The number of amides is 2. The monoisotopic (exact) mass is 459 g/mol. The maximum absolute atomic E-state index is 12.8. The zero-order valence-corrected chi connectivity index (χ0v) is 19.5. The van der Waals surface area contributed by atoms with Gasteiger partial charge in [0.15, 0.2) is 0 Å². The molecule has 1 saturated heterocycles. The van der Waals surface area contributed by atoms with Crippen LogP contribution in [0, 0.1) is 0 Å². The van der Waals surface area contributed by atoms with Crippen molar-refractivity contribution in [2.24, 2.45) is 0 Å². The van der Waals surface area contributed by atoms with Gasteiger partial charge in [-0.25, -0.2) is 18.1 Å². The standard InChI is InChI=1S/C22H29N5O4S/c1-15(17-6-5-7-20(12-17)32(30,31)23-3)25-21-9-8-18(13-24-21)22(29)27-11-10-19(14-27)26(4)16(2)28/h5-9,12-13,15,19,23H,10-11,14H2,1-4H3,(H,24,25)/t15?,19-/m0/s1. The maximum atomic E-state index is 12.8. The van der Waals surface area contributed by atoms with Gasteiger partial charge in [-0.2, -0.15) is 0 Å². The fraction of sp³-hybridized carbons (Fsp3) is 0.409. The number of benzene rings is 1. The molecule has 0 spiro atoms. The van der Waals surface area contributed by atoms with E-state index in [0.29, 0.717) is 24.5 Å². The molecule has 9 nitrogen and oxygen atoms in total. The number of carbonyl (C=O) groups is 2. The number of carbonyl (C=O) groups excluding carboxylic acids is 2. The lowest BCUT2D eigenvalue weighted by Crippen LogP contribution is -2.38. The van der Waals surface area contributed by atoms with Gasteiger partial charge in [-0.05, 0) is 50.2 Å². The van der Waals surface area contributed by atoms with E-state index in [1.165, 1.54) is 26.2 Å². The molecular weight excluding hydrogens is 430 g/mol. The number of hydrogen-bond acceptors (Lipinski definition) is 6. The average molecular weight is 460 g/mol. The molecule has 32 heavy (non-hydrogen) atoms. The molecule has 3 rings (SSSR count). The molecule has 0 radical (unpaired) electrons. The summed E-state index contributed by atoms with van der Waals surface area (Å²) >= 11 is 0. The van der Waals surface area contributed by atoms with Crippen molar-refractivity contribution in [1.82, 2.24) is 19.5 Å². The molecule has 0 aliphatic carbocycles. The highest BCUT2D eigenvalue weighted by Crippen LogP contribution is 2.22. The first-order valence-electron chi connectivity index (χ1n) is 10.4. The Labute approximate surface area is 188 Å². The number of sulfonamides is 1. The molecule has 1 unspecified atom stereocenters. The molecule has 10 heteroatoms. The third kappa shape index (κ3) is 5.25. The summed E-state index contributed by atoms with van der Waals surface area (Å²) < 4.78 is 26.4. The molecule has 1 aliphatic heterocycles. The van der Waals surface area contributed by atoms with Crippen LogP contribution in [0.4, 0.5) is 5.82 Å². The summed E-state index contributed by atoms with van der Waals surface area (Å²) in [6.07, 6.45) is 2.29. The zero-order chi connectivity index (χ0) is 23.5. The quantitative estimate of drug-likeness (QED) is 0.654. The lowest BCUT2D eigenvalue weighted by molar-refractivity contribution is -0.129. The fourth-order valence-electron chi connectivity index (χ4n) is 3.66. The number of likely N-dealkylation sites (tertiary alicyclic amines) is 1. The second kappa shape index (κ2) is 9.66. The van der Waals surface area contributed by atoms with E-state index in [1.54, 1.807) is 41.1 Å². The minimum atomic E-state index is -3.52. The number of likely N-dealkylation sites (N-methyl/N-ethyl adjacent to an activating group) is 1. The maximum Gasteiger partial charge on any atom is 0.255 e. The van der Waals surface area contributed by atoms with Gasteiger partial charge in [-0.3, -0.25) is 9.59 Å². The summed E-state index contributed by atoms with van der Waals surface area (Å²) in [6.45, 7) is 4.54. The number of pyridine rings is 1. The number of nitrogens with zero attached hydrogens (tertiary/aromatic N) is 3. The zero-order valence-electron chi connectivity index (χ0n) is 18.7. The van der Waals surface area contributed by atoms with Gasteiger partial charge in [-0.15, -0.1) is 0 Å². The molecule has 2 N–H and O–H groups in total. The number of anilines is 1. The number of rotatable bonds is 7. The molecule has 2 aromatic rings. The van der Waals surface area contributed by atoms with E-state index in [1.807, 2.05) is 13.0 Å². The Morgan fingerprint density at radius 3 is 2.62 bits per heavy atom. The summed E-state index contributed by atoms with van der Waals surface area (Å²) in [5.41, 5.74) is 1.28. The third-order valence-corrected chi connectivity index (χ3v) is 7.22. The molecule has 2 amide bonds. The molecule has 1 aromatic heterocycles. The van der Waals surface area contributed by atoms with Crippen molar-refractivity contribution in [2.75, 3.05) is 32.5 Å². The summed E-state index contributed by atoms with van der Waals surface area (Å²) in [7, 11) is -0.389. The van der Waals surface area contributed by atoms with Crippen molar-refractivity contribution < 1.29 is 18.0 Å². The summed E-state index contributed by atoms with van der Waals surface area (Å²) in [5.74, 6) is 0.456. The van der Waals surface area contributed by atoms with E-state index in [9.17, 15) is 18.0 Å². The van der Waals surface area contributed by atoms with Crippen molar-refractivity contribution in [2.45, 2.75) is 37.2 Å². The number of hydrogen-bond donors (Lipinski definition) is 2. The van der Waals surface area contributed by atoms with Crippen LogP contribution in [0.2, 0.25) is 0 Å². The first-order valence-corrected chi connectivity index (χ1v) is 11.9. The van der Waals surface area contributed by atoms with Crippen LogP contribution >= 0.6 is 0 Å². The minimum absolute atomic E-state index is 0.00962. The number of nitrogens with one attached hydrogen (secondary N) is 2. The molecule has 0 bridgehead atoms. The van der Waals surface area contributed by atoms with E-state index in [-0.39, 0.29) is 28.8 Å². The summed E-state index contributed by atoms with van der Waals surface area (Å²) in [5, 5.41) is 3.23. The second-order valence-electron chi connectivity index (χ2n) is 7.90. The SMILES string of the molecule is CNS(=O)(=O)c1cccc(C(C)Nc2ccc(C(=O)N3CC[C@H](N(C)C(C)=O)C3)cn2)c1. The Bertz CT molecular complexity index is 1090. The van der Waals surface area contributed by atoms with E-state index in [4.69, 9.17) is 0 Å². The highest BCUT2D eigenvalue weighted by Gasteiger charge is 2.30. The predicted molar refractivity (Wildman–Crippen MR) is 122 cm³/mol. The van der Waals surface area contributed by atoms with Crippen LogP contribution in [0.1, 0.15) is 42.2 Å². The normalized spacial score (nSPS) is 17.1. The van der Waals surface area contributed by atoms with Crippen molar-refractivity contribution in [1.29, 1.82) is 0 Å². The first-order chi connectivity index (χ1) is 15.1. The van der Waals surface area contributed by atoms with E-state index >= 15 is 0 Å². The van der Waals surface area contributed by atoms with E-state index in [0.717, 1.165) is 12.0 Å². The third-order valence-electron chi connectivity index (χ3n) is 5.81. The Morgan fingerprint density at radius 1 is 1.25 bits per heavy atom. The van der Waals surface area contributed by atoms with Crippen LogP contribution in [0.5, 0.6) is 0 Å². The average Bonchev–Trinajstić information content (AvgIpc) is 3.28. The Balaban J connectivity index is 1.64. The van der Waals surface area contributed by atoms with Crippen molar-refractivity contribution in [3.8, 4) is 0 Å². The lowest BCUT2D eigenvalue weighted by Gasteiger charge is -2.23. The Kier molecular flexibility index (Phi) is 7.15. The van der Waals surface area contributed by atoms with Gasteiger partial charge in [0.2, 0.25) is 15.9 Å². The van der Waals surface area contributed by atoms with Crippen molar-refractivity contribution >= 4 is 27.7 Å². The largest absolute Gasteiger partial charge is 0.364 e. The van der Waals surface area contributed by atoms with Gasteiger partial charge < -0.3 is 15.1 Å². The fourth-order valence-corrected chi connectivity index (χ4v) is 4.45. The van der Waals surface area contributed by atoms with Gasteiger partial charge >= 0.3 is 0 Å². The highest BCUT2D eigenvalue weighted by molar-refractivity contribution is 7.89. The van der Waals surface area contributed by atoms with E-state index in [2.05, 4.69) is 15.0 Å². The van der Waals surface area contributed by atoms with Gasteiger partial charge in [-0.1, -0.05) is 12.1 Å². The molecule has 172 valence electrons. The van der Waals surface area contributed by atoms with Crippen LogP contribution in [-0.4, -0.2) is 68.2 Å². The van der Waals surface area contributed by atoms with Crippen molar-refractivity contribution in [3.05, 3.63) is 53.7 Å². The second-order valence-corrected chi connectivity index (χ2v) is 9.79. The topological polar surface area (TPSA) is 112 Å². The van der Waals surface area contributed by atoms with Gasteiger partial charge in [0.1, 0.15) is 5.82 Å². The van der Waals surface area contributed by atoms with Gasteiger partial charge in [0.25, 0.3) is 5.91 Å². The first kappa shape index (κ1) is 23.7. The predicted octanol–water partition coefficient (Wildman–Crippen LogP) is 1.86. The van der Waals surface area contributed by atoms with Gasteiger partial charge in [0, 0.05) is 39.3 Å². The Hall–Kier alpha value is -2.98. The molecule has 2 atom stereocenters. The molecule has 2 heterocycles.